The zero-order valence-electron chi connectivity index (χ0n) is 21.9. The molecule has 0 rings (SSSR count). The summed E-state index contributed by atoms with van der Waals surface area (Å²) in [5, 5.41) is 0.199. The maximum atomic E-state index is 12.3. The molecule has 0 radical (unpaired) electrons. The van der Waals surface area contributed by atoms with Crippen LogP contribution in [0, 0.1) is 5.41 Å². The van der Waals surface area contributed by atoms with Crippen LogP contribution in [0.4, 0.5) is 0 Å². The van der Waals surface area contributed by atoms with Gasteiger partial charge in [0, 0.05) is 34.3 Å². The van der Waals surface area contributed by atoms with Gasteiger partial charge < -0.3 is 9.26 Å². The Morgan fingerprint density at radius 1 is 0.800 bits per heavy atom. The van der Waals surface area contributed by atoms with Crippen molar-refractivity contribution in [1.29, 1.82) is 0 Å². The Morgan fingerprint density at radius 3 is 1.53 bits per heavy atom. The van der Waals surface area contributed by atoms with E-state index in [0.717, 1.165) is 0 Å². The Hall–Kier alpha value is 0.290. The molecule has 5 nitrogen and oxygen atoms in total. The predicted octanol–water partition coefficient (Wildman–Crippen LogP) is 6.57. The molecule has 0 unspecified atom stereocenters. The van der Waals surface area contributed by atoms with Crippen molar-refractivity contribution >= 4 is 25.3 Å². The molecule has 0 fully saturated rings. The van der Waals surface area contributed by atoms with E-state index in [2.05, 4.69) is 78.6 Å². The van der Waals surface area contributed by atoms with Crippen molar-refractivity contribution in [2.75, 3.05) is 19.8 Å². The van der Waals surface area contributed by atoms with Gasteiger partial charge in [0.15, 0.2) is 13.6 Å². The van der Waals surface area contributed by atoms with Crippen LogP contribution in [0.3, 0.4) is 0 Å². The van der Waals surface area contributed by atoms with Crippen molar-refractivity contribution in [1.82, 2.24) is 9.34 Å². The average Bonchev–Trinajstić information content (AvgIpc) is 2.51. The zero-order valence-corrected chi connectivity index (χ0v) is 23.6. The minimum absolute atomic E-state index is 0.199. The summed E-state index contributed by atoms with van der Waals surface area (Å²) in [5.74, 6) is 0. The van der Waals surface area contributed by atoms with Crippen LogP contribution in [0.2, 0.25) is 0 Å². The second kappa shape index (κ2) is 13.1. The molecule has 0 aromatic carbocycles. The molecular weight excluding hydrogens is 415 g/mol. The normalized spacial score (nSPS) is 13.9. The Balaban J connectivity index is 4.96. The maximum Gasteiger partial charge on any atom is 0.194 e. The monoisotopic (exact) mass is 464 g/mol. The quantitative estimate of drug-likeness (QED) is 0.227. The largest absolute Gasteiger partial charge is 0.378 e. The van der Waals surface area contributed by atoms with Crippen LogP contribution in [0.1, 0.15) is 90.0 Å². The van der Waals surface area contributed by atoms with Gasteiger partial charge in [0.2, 0.25) is 0 Å². The molecule has 0 saturated carbocycles. The van der Waals surface area contributed by atoms with Gasteiger partial charge in [-0.15, -0.1) is 0 Å². The number of carbonyl (C=O) groups excluding carboxylic acids is 1. The summed E-state index contributed by atoms with van der Waals surface area (Å²) in [4.78, 5) is 12.3. The van der Waals surface area contributed by atoms with Crippen LogP contribution < -0.4 is 0 Å². The number of hydrogen-bond donors (Lipinski definition) is 0. The highest BCUT2D eigenvalue weighted by atomic mass is 32.2. The number of nitrogens with zero attached hydrogens (tertiary/aromatic N) is 2. The first-order chi connectivity index (χ1) is 13.5. The van der Waals surface area contributed by atoms with Gasteiger partial charge in [-0.2, -0.15) is 0 Å². The highest BCUT2D eigenvalue weighted by Crippen LogP contribution is 2.50. The van der Waals surface area contributed by atoms with E-state index in [9.17, 15) is 4.79 Å². The first-order valence-corrected chi connectivity index (χ1v) is 13.3. The molecular formula is C23H49N2O3PS. The number of thioether (sulfide) groups is 1. The molecule has 0 aromatic heterocycles. The van der Waals surface area contributed by atoms with Crippen LogP contribution in [-0.2, 0) is 14.1 Å². The van der Waals surface area contributed by atoms with Gasteiger partial charge in [-0.1, -0.05) is 32.5 Å². The second-order valence-electron chi connectivity index (χ2n) is 10.7. The number of ether oxygens (including phenoxy) is 1. The fourth-order valence-electron chi connectivity index (χ4n) is 3.16. The lowest BCUT2D eigenvalue weighted by molar-refractivity contribution is -0.117. The van der Waals surface area contributed by atoms with Crippen molar-refractivity contribution in [2.24, 2.45) is 5.41 Å². The third-order valence-electron chi connectivity index (χ3n) is 4.38. The molecule has 0 aliphatic heterocycles. The van der Waals surface area contributed by atoms with Crippen LogP contribution in [0.5, 0.6) is 0 Å². The fourth-order valence-corrected chi connectivity index (χ4v) is 6.44. The van der Waals surface area contributed by atoms with Crippen molar-refractivity contribution in [3.05, 3.63) is 0 Å². The van der Waals surface area contributed by atoms with Gasteiger partial charge in [-0.05, 0) is 69.2 Å². The molecule has 0 aliphatic carbocycles. The van der Waals surface area contributed by atoms with E-state index in [-0.39, 0.29) is 15.3 Å². The lowest BCUT2D eigenvalue weighted by Crippen LogP contribution is -2.43. The maximum absolute atomic E-state index is 12.3. The predicted molar refractivity (Wildman–Crippen MR) is 134 cm³/mol. The van der Waals surface area contributed by atoms with Crippen LogP contribution in [-0.4, -0.2) is 63.2 Å². The molecule has 0 aromatic rings. The van der Waals surface area contributed by atoms with Crippen molar-refractivity contribution < 1.29 is 14.1 Å². The van der Waals surface area contributed by atoms with E-state index < -0.39 is 8.45 Å². The van der Waals surface area contributed by atoms with Gasteiger partial charge in [0.25, 0.3) is 0 Å². The first kappa shape index (κ1) is 30.3. The average molecular weight is 465 g/mol. The lowest BCUT2D eigenvalue weighted by Gasteiger charge is -2.45. The Kier molecular flexibility index (Phi) is 13.2. The van der Waals surface area contributed by atoms with E-state index >= 15 is 0 Å². The summed E-state index contributed by atoms with van der Waals surface area (Å²) in [6.45, 7) is 29.5. The number of hydrogen-bond acceptors (Lipinski definition) is 6. The summed E-state index contributed by atoms with van der Waals surface area (Å²) in [6, 6.07) is 1.60. The SMILES string of the molecule is CC(C)N(C(C)C)P(OCCOCC(C)(C)SC(=O)C(C)(C)C)N(C(C)C)C(C)C. The van der Waals surface area contributed by atoms with Crippen molar-refractivity contribution in [3.63, 3.8) is 0 Å². The summed E-state index contributed by atoms with van der Waals surface area (Å²) < 4.78 is 17.1. The molecule has 30 heavy (non-hydrogen) atoms. The highest BCUT2D eigenvalue weighted by Gasteiger charge is 2.34. The first-order valence-electron chi connectivity index (χ1n) is 11.3. The molecule has 0 aliphatic rings. The zero-order chi connectivity index (χ0) is 23.9. The van der Waals surface area contributed by atoms with Crippen molar-refractivity contribution in [2.45, 2.75) is 119 Å². The molecule has 0 saturated heterocycles. The molecule has 0 N–H and O–H groups in total. The van der Waals surface area contributed by atoms with Crippen molar-refractivity contribution in [3.8, 4) is 0 Å². The molecule has 0 spiro atoms. The van der Waals surface area contributed by atoms with Gasteiger partial charge in [-0.3, -0.25) is 4.79 Å². The van der Waals surface area contributed by atoms with E-state index in [1.165, 1.54) is 11.8 Å². The minimum Gasteiger partial charge on any atom is -0.378 e. The minimum atomic E-state index is -0.892. The summed E-state index contributed by atoms with van der Waals surface area (Å²) in [7, 11) is -0.892. The van der Waals surface area contributed by atoms with Gasteiger partial charge in [0.05, 0.1) is 19.8 Å². The van der Waals surface area contributed by atoms with Crippen LogP contribution >= 0.6 is 20.2 Å². The summed E-state index contributed by atoms with van der Waals surface area (Å²) in [6.07, 6.45) is 0. The van der Waals surface area contributed by atoms with Gasteiger partial charge >= 0.3 is 0 Å². The van der Waals surface area contributed by atoms with Gasteiger partial charge in [-0.25, -0.2) is 9.34 Å². The topological polar surface area (TPSA) is 42.0 Å². The molecule has 0 amide bonds. The Bertz CT molecular complexity index is 469. The third kappa shape index (κ3) is 10.7. The standard InChI is InChI=1S/C23H49N2O3PS/c1-17(2)24(18(3)4)29(25(19(5)6)20(7)8)28-15-14-27-16-23(12,13)30-21(26)22(9,10)11/h17-20H,14-16H2,1-13H3. The lowest BCUT2D eigenvalue weighted by atomic mass is 9.99. The van der Waals surface area contributed by atoms with E-state index in [1.807, 2.05) is 20.8 Å². The van der Waals surface area contributed by atoms with E-state index in [1.54, 1.807) is 0 Å². The molecule has 180 valence electrons. The number of rotatable bonds is 13. The van der Waals surface area contributed by atoms with E-state index in [4.69, 9.17) is 9.26 Å². The highest BCUT2D eigenvalue weighted by molar-refractivity contribution is 8.14. The molecule has 0 heterocycles. The van der Waals surface area contributed by atoms with Gasteiger partial charge in [0.1, 0.15) is 0 Å². The summed E-state index contributed by atoms with van der Waals surface area (Å²) >= 11 is 1.38. The van der Waals surface area contributed by atoms with Crippen LogP contribution in [0.25, 0.3) is 0 Å². The molecule has 7 heteroatoms. The molecule has 0 bridgehead atoms. The second-order valence-corrected chi connectivity index (χ2v) is 14.0. The fraction of sp³-hybridized carbons (Fsp3) is 0.957. The molecule has 0 atom stereocenters. The number of carbonyl (C=O) groups is 1. The van der Waals surface area contributed by atoms with Crippen LogP contribution in [0.15, 0.2) is 0 Å². The smallest absolute Gasteiger partial charge is 0.194 e. The Morgan fingerprint density at radius 2 is 1.20 bits per heavy atom. The van der Waals surface area contributed by atoms with E-state index in [0.29, 0.717) is 44.0 Å². The Labute approximate surface area is 192 Å². The third-order valence-corrected chi connectivity index (χ3v) is 8.90. The summed E-state index contributed by atoms with van der Waals surface area (Å²) in [5.41, 5.74) is -0.338.